The molecule has 0 heterocycles. The summed E-state index contributed by atoms with van der Waals surface area (Å²) in [6.07, 6.45) is -0.0191. The highest BCUT2D eigenvalue weighted by atomic mass is 16.4. The third-order valence-electron chi connectivity index (χ3n) is 1.03. The number of carbonyl (C=O) groups is 4. The number of primary amides is 1. The van der Waals surface area contributed by atoms with E-state index in [2.05, 4.69) is 0 Å². The fourth-order valence-electron chi connectivity index (χ4n) is 0.421. The molecule has 0 spiro atoms. The fraction of sp³-hybridized carbons (Fsp3) is 0.556. The lowest BCUT2D eigenvalue weighted by molar-refractivity contribution is -0.137. The minimum absolute atomic E-state index is 0.102. The molecule has 0 aromatic carbocycles. The summed E-state index contributed by atoms with van der Waals surface area (Å²) in [4.78, 5) is 38.1. The number of amides is 1. The summed E-state index contributed by atoms with van der Waals surface area (Å²) in [6.45, 7) is 2.17. The van der Waals surface area contributed by atoms with Gasteiger partial charge in [0.05, 0.1) is 6.04 Å². The van der Waals surface area contributed by atoms with Crippen LogP contribution in [0.5, 0.6) is 0 Å². The molecule has 0 saturated heterocycles. The van der Waals surface area contributed by atoms with E-state index >= 15 is 0 Å². The Morgan fingerprint density at radius 2 is 1.28 bits per heavy atom. The Labute approximate surface area is 103 Å². The van der Waals surface area contributed by atoms with Crippen molar-refractivity contribution in [2.45, 2.75) is 32.7 Å². The first-order valence-corrected chi connectivity index (χ1v) is 4.66. The summed E-state index contributed by atoms with van der Waals surface area (Å²) in [5, 5.41) is 23.0. The number of carboxylic acid groups (broad SMARTS) is 3. The lowest BCUT2D eigenvalue weighted by Gasteiger charge is -2.02. The van der Waals surface area contributed by atoms with Crippen molar-refractivity contribution in [1.82, 2.24) is 0 Å². The molecule has 0 rings (SSSR count). The van der Waals surface area contributed by atoms with Gasteiger partial charge in [-0.2, -0.15) is 0 Å². The maximum Gasteiger partial charge on any atom is 0.303 e. The van der Waals surface area contributed by atoms with Crippen LogP contribution in [0.2, 0.25) is 0 Å². The molecule has 0 fully saturated rings. The van der Waals surface area contributed by atoms with Crippen molar-refractivity contribution in [2.75, 3.05) is 0 Å². The molecule has 106 valence electrons. The van der Waals surface area contributed by atoms with Gasteiger partial charge in [0.2, 0.25) is 5.91 Å². The van der Waals surface area contributed by atoms with E-state index in [4.69, 9.17) is 36.4 Å². The van der Waals surface area contributed by atoms with Gasteiger partial charge in [-0.15, -0.1) is 0 Å². The van der Waals surface area contributed by atoms with Gasteiger partial charge in [0.25, 0.3) is 11.9 Å². The highest BCUT2D eigenvalue weighted by Gasteiger charge is 2.10. The lowest BCUT2D eigenvalue weighted by Crippen LogP contribution is -2.36. The maximum atomic E-state index is 10.2. The van der Waals surface area contributed by atoms with Crippen LogP contribution in [0.15, 0.2) is 0 Å². The molecule has 9 nitrogen and oxygen atoms in total. The zero-order valence-corrected chi connectivity index (χ0v) is 10.1. The minimum atomic E-state index is -0.975. The summed E-state index contributed by atoms with van der Waals surface area (Å²) in [7, 11) is 0. The van der Waals surface area contributed by atoms with Crippen molar-refractivity contribution < 1.29 is 34.5 Å². The predicted molar refractivity (Wildman–Crippen MR) is 60.7 cm³/mol. The molecule has 0 aromatic heterocycles. The summed E-state index contributed by atoms with van der Waals surface area (Å²) in [5.41, 5.74) is 9.89. The van der Waals surface area contributed by atoms with Gasteiger partial charge in [0, 0.05) is 20.3 Å². The molecule has 0 aliphatic carbocycles. The predicted octanol–water partition coefficient (Wildman–Crippen LogP) is -1.15. The van der Waals surface area contributed by atoms with Gasteiger partial charge in [-0.1, -0.05) is 0 Å². The molecule has 0 bridgehead atoms. The number of nitrogens with two attached hydrogens (primary N) is 2. The van der Waals surface area contributed by atoms with E-state index in [0.29, 0.717) is 0 Å². The monoisotopic (exact) mass is 266 g/mol. The number of hydrogen-bond donors (Lipinski definition) is 5. The number of carbonyl (C=O) groups excluding carboxylic acids is 1. The largest absolute Gasteiger partial charge is 0.481 e. The highest BCUT2D eigenvalue weighted by molar-refractivity contribution is 5.80. The van der Waals surface area contributed by atoms with Crippen LogP contribution in [-0.2, 0) is 19.2 Å². The minimum Gasteiger partial charge on any atom is -0.481 e. The Bertz CT molecular complexity index is 271. The standard InChI is InChI=1S/C5H10N2O3.2C2H4O2/c6-3(5(7)10)1-2-4(8)9;2*1-2(3)4/h3H,1-2,6H2,(H2,7,10)(H,8,9);2*1H3,(H,3,4)/t3-;;/m0../s1. The summed E-state index contributed by atoms with van der Waals surface area (Å²) in [5.74, 6) is -3.31. The van der Waals surface area contributed by atoms with Crippen LogP contribution in [0.4, 0.5) is 0 Å². The zero-order chi connectivity index (χ0) is 15.3. The molecule has 9 heteroatoms. The van der Waals surface area contributed by atoms with Gasteiger partial charge in [0.15, 0.2) is 0 Å². The average Bonchev–Trinajstić information content (AvgIpc) is 2.11. The summed E-state index contributed by atoms with van der Waals surface area (Å²) >= 11 is 0. The van der Waals surface area contributed by atoms with E-state index < -0.39 is 29.9 Å². The molecule has 1 amide bonds. The van der Waals surface area contributed by atoms with Crippen LogP contribution in [0.25, 0.3) is 0 Å². The molecule has 1 atom stereocenters. The quantitative estimate of drug-likeness (QED) is 0.422. The van der Waals surface area contributed by atoms with Crippen molar-refractivity contribution in [1.29, 1.82) is 0 Å². The van der Waals surface area contributed by atoms with Gasteiger partial charge in [-0.25, -0.2) is 0 Å². The van der Waals surface area contributed by atoms with Gasteiger partial charge in [-0.05, 0) is 6.42 Å². The lowest BCUT2D eigenvalue weighted by atomic mass is 10.1. The number of carboxylic acids is 3. The molecule has 0 unspecified atom stereocenters. The van der Waals surface area contributed by atoms with Crippen molar-refractivity contribution in [3.8, 4) is 0 Å². The van der Waals surface area contributed by atoms with Gasteiger partial charge in [0.1, 0.15) is 0 Å². The summed E-state index contributed by atoms with van der Waals surface area (Å²) < 4.78 is 0. The zero-order valence-electron chi connectivity index (χ0n) is 10.1. The van der Waals surface area contributed by atoms with Crippen LogP contribution < -0.4 is 11.5 Å². The smallest absolute Gasteiger partial charge is 0.303 e. The number of rotatable bonds is 4. The van der Waals surface area contributed by atoms with Crippen molar-refractivity contribution >= 4 is 23.8 Å². The van der Waals surface area contributed by atoms with Gasteiger partial charge in [-0.3, -0.25) is 19.2 Å². The van der Waals surface area contributed by atoms with Crippen molar-refractivity contribution in [2.24, 2.45) is 11.5 Å². The molecule has 7 N–H and O–H groups in total. The molecule has 0 aliphatic rings. The molecular weight excluding hydrogens is 248 g/mol. The average molecular weight is 266 g/mol. The number of aliphatic carboxylic acids is 3. The van der Waals surface area contributed by atoms with Crippen LogP contribution in [0.1, 0.15) is 26.7 Å². The molecule has 0 radical (unpaired) electrons. The molecule has 0 aromatic rings. The van der Waals surface area contributed by atoms with E-state index in [1.807, 2.05) is 0 Å². The molecule has 0 aliphatic heterocycles. The third-order valence-corrected chi connectivity index (χ3v) is 1.03. The molecular formula is C9H18N2O7. The second-order valence-corrected chi connectivity index (χ2v) is 2.98. The van der Waals surface area contributed by atoms with Crippen LogP contribution in [0, 0.1) is 0 Å². The maximum absolute atomic E-state index is 10.2. The van der Waals surface area contributed by atoms with Crippen molar-refractivity contribution in [3.05, 3.63) is 0 Å². The van der Waals surface area contributed by atoms with E-state index in [1.54, 1.807) is 0 Å². The Morgan fingerprint density at radius 3 is 1.44 bits per heavy atom. The first-order chi connectivity index (χ1) is 8.00. The fourth-order valence-corrected chi connectivity index (χ4v) is 0.421. The van der Waals surface area contributed by atoms with Gasteiger partial charge < -0.3 is 26.8 Å². The Hall–Kier alpha value is -2.16. The van der Waals surface area contributed by atoms with E-state index in [1.165, 1.54) is 0 Å². The van der Waals surface area contributed by atoms with Crippen LogP contribution in [0.3, 0.4) is 0 Å². The highest BCUT2D eigenvalue weighted by Crippen LogP contribution is 1.92. The number of hydrogen-bond acceptors (Lipinski definition) is 5. The second kappa shape index (κ2) is 12.9. The second-order valence-electron chi connectivity index (χ2n) is 2.98. The van der Waals surface area contributed by atoms with E-state index in [9.17, 15) is 9.59 Å². The Morgan fingerprint density at radius 1 is 1.00 bits per heavy atom. The Kier molecular flexibility index (Phi) is 15.2. The molecule has 18 heavy (non-hydrogen) atoms. The normalized spacial score (nSPS) is 9.72. The third kappa shape index (κ3) is 48.8. The SMILES string of the molecule is CC(=O)O.CC(=O)O.NC(=O)[C@@H](N)CCC(=O)O. The Balaban J connectivity index is -0.000000233. The molecule has 0 saturated carbocycles. The van der Waals surface area contributed by atoms with Crippen LogP contribution in [-0.4, -0.2) is 45.2 Å². The van der Waals surface area contributed by atoms with E-state index in [-0.39, 0.29) is 12.8 Å². The summed E-state index contributed by atoms with van der Waals surface area (Å²) in [6, 6.07) is -0.837. The van der Waals surface area contributed by atoms with Gasteiger partial charge >= 0.3 is 5.97 Å². The van der Waals surface area contributed by atoms with Crippen LogP contribution >= 0.6 is 0 Å². The first kappa shape index (κ1) is 21.2. The van der Waals surface area contributed by atoms with Crippen molar-refractivity contribution in [3.63, 3.8) is 0 Å². The first-order valence-electron chi connectivity index (χ1n) is 4.66. The topological polar surface area (TPSA) is 181 Å². The van der Waals surface area contributed by atoms with E-state index in [0.717, 1.165) is 13.8 Å².